The molecule has 0 aromatic carbocycles. The van der Waals surface area contributed by atoms with E-state index in [-0.39, 0.29) is 12.3 Å². The van der Waals surface area contributed by atoms with Gasteiger partial charge in [0.2, 0.25) is 0 Å². The maximum atomic E-state index is 9.63. The van der Waals surface area contributed by atoms with Gasteiger partial charge in [-0.05, 0) is 0 Å². The zero-order chi connectivity index (χ0) is 11.9. The molecule has 0 aromatic heterocycles. The van der Waals surface area contributed by atoms with Crippen LogP contribution in [0.25, 0.3) is 0 Å². The maximum Gasteiger partial charge on any atom is 0.299 e. The molecule has 0 aliphatic carbocycles. The molecule has 0 bridgehead atoms. The van der Waals surface area contributed by atoms with Gasteiger partial charge in [-0.2, -0.15) is 4.21 Å². The minimum atomic E-state index is -2.61. The fourth-order valence-corrected chi connectivity index (χ4v) is 0.258. The quantitative estimate of drug-likeness (QED) is 0.269. The van der Waals surface area contributed by atoms with Gasteiger partial charge < -0.3 is 42.3 Å². The highest BCUT2D eigenvalue weighted by Crippen LogP contribution is 1.88. The van der Waals surface area contributed by atoms with Gasteiger partial charge in [0.25, 0.3) is 11.4 Å². The molecule has 0 saturated heterocycles. The average molecular weight is 266 g/mol. The van der Waals surface area contributed by atoms with Crippen molar-refractivity contribution in [3.8, 4) is 0 Å². The number of quaternary nitrogens is 2. The largest absolute Gasteiger partial charge is 0.547 e. The normalized spacial score (nSPS) is 12.1. The molecule has 0 spiro atoms. The van der Waals surface area contributed by atoms with Crippen molar-refractivity contribution in [2.75, 3.05) is 0 Å². The predicted octanol–water partition coefficient (Wildman–Crippen LogP) is -4.36. The maximum absolute atomic E-state index is 9.63. The summed E-state index contributed by atoms with van der Waals surface area (Å²) in [5.74, 6) is -4.12. The standard InChI is InChI=1S/C4H6O6.2H3N.H2O3S/c5-1(3(7)8)2(6)4(9)10;;;1-4(2)3/h1-2,5-6H,(H,7,8)(H,9,10);2*1H3;(H2,1,2,3). The lowest BCUT2D eigenvalue weighted by molar-refractivity contribution is -0.333. The number of aliphatic hydroxyl groups is 2. The molecule has 2 atom stereocenters. The van der Waals surface area contributed by atoms with Crippen molar-refractivity contribution in [3.05, 3.63) is 0 Å². The molecule has 2 unspecified atom stereocenters. The monoisotopic (exact) mass is 266 g/mol. The second-order valence-corrected chi connectivity index (χ2v) is 2.22. The molecule has 12 N–H and O–H groups in total. The molecule has 0 aromatic rings. The number of carbonyl (C=O) groups excluding carboxylic acids is 2. The minimum Gasteiger partial charge on any atom is -0.547 e. The molecule has 16 heavy (non-hydrogen) atoms. The van der Waals surface area contributed by atoms with Crippen molar-refractivity contribution in [1.82, 2.24) is 12.3 Å². The van der Waals surface area contributed by atoms with Crippen molar-refractivity contribution in [2.45, 2.75) is 12.2 Å². The zero-order valence-corrected chi connectivity index (χ0v) is 9.21. The summed E-state index contributed by atoms with van der Waals surface area (Å²) in [5, 5.41) is 35.7. The lowest BCUT2D eigenvalue weighted by Crippen LogP contribution is -2.51. The van der Waals surface area contributed by atoms with Crippen LogP contribution in [-0.2, 0) is 21.0 Å². The van der Waals surface area contributed by atoms with Gasteiger partial charge in [0.15, 0.2) is 0 Å². The summed E-state index contributed by atoms with van der Waals surface area (Å²) in [7, 11) is 0. The van der Waals surface area contributed by atoms with Crippen LogP contribution in [0.2, 0.25) is 0 Å². The van der Waals surface area contributed by atoms with Crippen LogP contribution >= 0.6 is 0 Å². The summed E-state index contributed by atoms with van der Waals surface area (Å²) in [4.78, 5) is 19.3. The van der Waals surface area contributed by atoms with E-state index in [1.54, 1.807) is 0 Å². The Hall–Kier alpha value is -1.15. The summed E-state index contributed by atoms with van der Waals surface area (Å²) >= 11 is -2.61. The molecular formula is C4H14N2O9S. The summed E-state index contributed by atoms with van der Waals surface area (Å²) in [6, 6.07) is 0. The van der Waals surface area contributed by atoms with E-state index >= 15 is 0 Å². The highest BCUT2D eigenvalue weighted by molar-refractivity contribution is 7.73. The number of rotatable bonds is 3. The second-order valence-electron chi connectivity index (χ2n) is 1.76. The highest BCUT2D eigenvalue weighted by Gasteiger charge is 2.17. The molecule has 0 aliphatic rings. The number of aliphatic hydroxyl groups excluding tert-OH is 2. The third kappa shape index (κ3) is 15.3. The molecule has 0 fully saturated rings. The molecule has 0 aliphatic heterocycles. The third-order valence-electron chi connectivity index (χ3n) is 0.782. The van der Waals surface area contributed by atoms with Gasteiger partial charge >= 0.3 is 0 Å². The summed E-state index contributed by atoms with van der Waals surface area (Å²) in [6.07, 6.45) is -4.88. The first-order valence-electron chi connectivity index (χ1n) is 2.78. The summed E-state index contributed by atoms with van der Waals surface area (Å²) in [6.45, 7) is 0. The lowest BCUT2D eigenvalue weighted by atomic mass is 10.2. The molecule has 0 heterocycles. The van der Waals surface area contributed by atoms with Gasteiger partial charge in [-0.3, -0.25) is 9.11 Å². The fraction of sp³-hybridized carbons (Fsp3) is 0.500. The molecule has 12 heteroatoms. The van der Waals surface area contributed by atoms with Gasteiger partial charge in [0.1, 0.15) is 12.2 Å². The van der Waals surface area contributed by atoms with Crippen molar-refractivity contribution in [1.29, 1.82) is 0 Å². The molecule has 100 valence electrons. The average Bonchev–Trinajstić information content (AvgIpc) is 2.00. The Morgan fingerprint density at radius 1 is 0.938 bits per heavy atom. The van der Waals surface area contributed by atoms with E-state index < -0.39 is 35.5 Å². The Morgan fingerprint density at radius 2 is 1.06 bits per heavy atom. The zero-order valence-electron chi connectivity index (χ0n) is 8.39. The van der Waals surface area contributed by atoms with Gasteiger partial charge in [0.05, 0.1) is 11.9 Å². The van der Waals surface area contributed by atoms with Gasteiger partial charge in [-0.1, -0.05) is 0 Å². The Bertz CT molecular complexity index is 212. The first-order valence-corrected chi connectivity index (χ1v) is 3.84. The van der Waals surface area contributed by atoms with Crippen LogP contribution in [0.1, 0.15) is 0 Å². The highest BCUT2D eigenvalue weighted by atomic mass is 32.2. The molecule has 0 radical (unpaired) electrons. The van der Waals surface area contributed by atoms with Crippen molar-refractivity contribution in [3.63, 3.8) is 0 Å². The Labute approximate surface area is 92.0 Å². The minimum absolute atomic E-state index is 0. The van der Waals surface area contributed by atoms with E-state index in [4.69, 9.17) is 23.5 Å². The summed E-state index contributed by atoms with van der Waals surface area (Å²) in [5.41, 5.74) is 0. The van der Waals surface area contributed by atoms with E-state index in [1.807, 2.05) is 0 Å². The lowest BCUT2D eigenvalue weighted by Gasteiger charge is -2.18. The first kappa shape index (κ1) is 24.2. The first-order chi connectivity index (χ1) is 6.20. The van der Waals surface area contributed by atoms with E-state index in [0.29, 0.717) is 0 Å². The van der Waals surface area contributed by atoms with Crippen molar-refractivity contribution in [2.24, 2.45) is 0 Å². The Balaban J connectivity index is -0.000000105. The summed E-state index contributed by atoms with van der Waals surface area (Å²) < 4.78 is 22.8. The number of carbonyl (C=O) groups is 2. The third-order valence-corrected chi connectivity index (χ3v) is 0.782. The number of carboxylic acid groups (broad SMARTS) is 2. The van der Waals surface area contributed by atoms with Crippen LogP contribution in [0.4, 0.5) is 0 Å². The number of aliphatic carboxylic acids is 2. The molecule has 0 rings (SSSR count). The van der Waals surface area contributed by atoms with Gasteiger partial charge in [-0.15, -0.1) is 0 Å². The van der Waals surface area contributed by atoms with E-state index in [2.05, 4.69) is 0 Å². The van der Waals surface area contributed by atoms with Crippen LogP contribution in [0.3, 0.4) is 0 Å². The van der Waals surface area contributed by atoms with E-state index in [9.17, 15) is 19.8 Å². The molecule has 0 amide bonds. The SMILES string of the molecule is O=C([O-])C(O)C(O)C(=O)[O-].O=S(O)O.[NH4+].[NH4+]. The predicted molar refractivity (Wildman–Crippen MR) is 47.4 cm³/mol. The van der Waals surface area contributed by atoms with Crippen LogP contribution in [-0.4, -0.2) is 47.7 Å². The smallest absolute Gasteiger partial charge is 0.299 e. The van der Waals surface area contributed by atoms with E-state index in [1.165, 1.54) is 0 Å². The van der Waals surface area contributed by atoms with Crippen LogP contribution in [0.15, 0.2) is 0 Å². The van der Waals surface area contributed by atoms with Gasteiger partial charge in [0, 0.05) is 0 Å². The number of hydrogen-bond acceptors (Lipinski definition) is 7. The second kappa shape index (κ2) is 11.9. The number of hydrogen-bond donors (Lipinski definition) is 6. The Morgan fingerprint density at radius 3 is 1.12 bits per heavy atom. The van der Waals surface area contributed by atoms with Crippen molar-refractivity contribution < 1.29 is 43.3 Å². The van der Waals surface area contributed by atoms with Crippen LogP contribution < -0.4 is 22.5 Å². The van der Waals surface area contributed by atoms with Crippen LogP contribution in [0, 0.1) is 0 Å². The van der Waals surface area contributed by atoms with Gasteiger partial charge in [-0.25, -0.2) is 0 Å². The van der Waals surface area contributed by atoms with E-state index in [0.717, 1.165) is 0 Å². The fourth-order valence-electron chi connectivity index (χ4n) is 0.258. The van der Waals surface area contributed by atoms with Crippen molar-refractivity contribution >= 4 is 23.3 Å². The topological polar surface area (TPSA) is 251 Å². The van der Waals surface area contributed by atoms with Crippen LogP contribution in [0.5, 0.6) is 0 Å². The molecule has 11 nitrogen and oxygen atoms in total. The number of carboxylic acids is 2. The Kier molecular flexibility index (Phi) is 18.0. The molecular weight excluding hydrogens is 252 g/mol. The molecule has 0 saturated carbocycles.